The van der Waals surface area contributed by atoms with Crippen LogP contribution in [0.2, 0.25) is 21.1 Å². The Hall–Kier alpha value is -4.51. The Kier molecular flexibility index (Phi) is 43.7. The van der Waals surface area contributed by atoms with Crippen LogP contribution < -0.4 is 47.5 Å². The van der Waals surface area contributed by atoms with Crippen LogP contribution in [0.4, 0.5) is 46.8 Å². The average Bonchev–Trinajstić information content (AvgIpc) is 3.44. The molecule has 6 heterocycles. The number of fused-ring (bicyclic) bond motifs is 3. The summed E-state index contributed by atoms with van der Waals surface area (Å²) < 4.78 is 4.83. The summed E-state index contributed by atoms with van der Waals surface area (Å²) in [5, 5.41) is 22.9. The van der Waals surface area contributed by atoms with Gasteiger partial charge < -0.3 is 41.5 Å². The Morgan fingerprint density at radius 3 is 0.734 bits per heavy atom. The lowest BCUT2D eigenvalue weighted by molar-refractivity contribution is 0.112. The Bertz CT molecular complexity index is 2420. The van der Waals surface area contributed by atoms with Crippen LogP contribution in [-0.4, -0.2) is 161 Å². The summed E-state index contributed by atoms with van der Waals surface area (Å²) in [6, 6.07) is 0. The van der Waals surface area contributed by atoms with Gasteiger partial charge in [-0.3, -0.25) is 9.68 Å². The smallest absolute Gasteiger partial charge is 0.252 e. The van der Waals surface area contributed by atoms with Gasteiger partial charge in [0.15, 0.2) is 34.9 Å². The van der Waals surface area contributed by atoms with Crippen molar-refractivity contribution in [1.82, 2.24) is 65.3 Å². The van der Waals surface area contributed by atoms with Gasteiger partial charge in [-0.25, -0.2) is 45.5 Å². The number of halogens is 7. The summed E-state index contributed by atoms with van der Waals surface area (Å²) in [7, 11) is 9.87. The molecule has 0 unspecified atom stereocenters. The molecule has 6 rings (SSSR count). The average molecular weight is 1250 g/mol. The van der Waals surface area contributed by atoms with Crippen LogP contribution in [0.1, 0.15) is 93.9 Å². The SMILES string of the molecule is CCCNc1nc(Cl)nc2c(NCCC)nc(Cl)nc12.CCCNc1nc(N(C)OC)nc2c(NCCC)nc(Cl)nc12.CCCNc1nc(N(C)OC)nc2c(NCCC)nc(Cl)nc12.CCOCC.CCl.CNOC.Cl.Cl. The molecule has 0 bridgehead atoms. The van der Waals surface area contributed by atoms with Crippen molar-refractivity contribution < 1.29 is 19.2 Å². The lowest BCUT2D eigenvalue weighted by Gasteiger charge is -2.17. The third-order valence-corrected chi connectivity index (χ3v) is 10.2. The van der Waals surface area contributed by atoms with E-state index in [0.29, 0.717) is 79.9 Å². The van der Waals surface area contributed by atoms with E-state index in [1.165, 1.54) is 16.5 Å². The molecule has 0 fully saturated rings. The molecule has 0 aliphatic rings. The van der Waals surface area contributed by atoms with E-state index < -0.39 is 0 Å². The maximum atomic E-state index is 6.06. The third kappa shape index (κ3) is 26.8. The van der Waals surface area contributed by atoms with Crippen LogP contribution in [0.15, 0.2) is 0 Å². The first-order chi connectivity index (χ1) is 37.2. The van der Waals surface area contributed by atoms with E-state index in [-0.39, 0.29) is 45.9 Å². The minimum absolute atomic E-state index is 0. The number of nitrogens with zero attached hydrogens (tertiary/aromatic N) is 14. The zero-order valence-corrected chi connectivity index (χ0v) is 53.4. The molecular weight excluding hydrogens is 1170 g/mol. The van der Waals surface area contributed by atoms with Crippen molar-refractivity contribution in [3.63, 3.8) is 0 Å². The topological polar surface area (TPSA) is 282 Å². The number of aromatic nitrogens is 12. The quantitative estimate of drug-likeness (QED) is 0.0159. The molecule has 0 aliphatic heterocycles. The summed E-state index contributed by atoms with van der Waals surface area (Å²) in [4.78, 5) is 66.5. The number of ether oxygens (including phenoxy) is 1. The summed E-state index contributed by atoms with van der Waals surface area (Å²) in [5.41, 5.74) is 5.96. The maximum Gasteiger partial charge on any atom is 0.252 e. The first-order valence-electron chi connectivity index (χ1n) is 25.2. The molecule has 79 heavy (non-hydrogen) atoms. The van der Waals surface area contributed by atoms with E-state index in [4.69, 9.17) is 60.8 Å². The Labute approximate surface area is 502 Å². The molecule has 0 aliphatic carbocycles. The summed E-state index contributed by atoms with van der Waals surface area (Å²) in [5.74, 6) is 4.40. The van der Waals surface area contributed by atoms with E-state index >= 15 is 0 Å². The van der Waals surface area contributed by atoms with Crippen molar-refractivity contribution in [2.45, 2.75) is 93.9 Å². The highest BCUT2D eigenvalue weighted by Gasteiger charge is 2.19. The maximum absolute atomic E-state index is 6.06. The van der Waals surface area contributed by atoms with E-state index in [1.54, 1.807) is 42.5 Å². The van der Waals surface area contributed by atoms with Crippen molar-refractivity contribution in [3.8, 4) is 0 Å². The number of hydroxylamine groups is 3. The van der Waals surface area contributed by atoms with Crippen LogP contribution in [0.5, 0.6) is 0 Å². The van der Waals surface area contributed by atoms with Gasteiger partial charge in [0.2, 0.25) is 21.1 Å². The van der Waals surface area contributed by atoms with Crippen molar-refractivity contribution in [1.29, 1.82) is 0 Å². The fourth-order valence-electron chi connectivity index (χ4n) is 5.76. The van der Waals surface area contributed by atoms with Gasteiger partial charge in [-0.15, -0.1) is 36.4 Å². The Morgan fingerprint density at radius 2 is 0.570 bits per heavy atom. The number of hydrogen-bond donors (Lipinski definition) is 7. The normalized spacial score (nSPS) is 10.0. The molecule has 7 N–H and O–H groups in total. The second kappa shape index (κ2) is 45.1. The first kappa shape index (κ1) is 76.6. The zero-order chi connectivity index (χ0) is 57.7. The highest BCUT2D eigenvalue weighted by Crippen LogP contribution is 2.30. The van der Waals surface area contributed by atoms with Gasteiger partial charge in [-0.05, 0) is 98.8 Å². The molecule has 0 saturated carbocycles. The molecule has 0 aromatic carbocycles. The molecule has 448 valence electrons. The molecule has 6 aromatic rings. The van der Waals surface area contributed by atoms with Crippen LogP contribution in [0.25, 0.3) is 33.1 Å². The van der Waals surface area contributed by atoms with E-state index in [2.05, 4.69) is 155 Å². The Balaban J connectivity index is 0. The predicted octanol–water partition coefficient (Wildman–Crippen LogP) is 11.3. The first-order valence-corrected chi connectivity index (χ1v) is 27.5. The minimum atomic E-state index is 0. The summed E-state index contributed by atoms with van der Waals surface area (Å²) >= 11 is 28.7. The van der Waals surface area contributed by atoms with Crippen molar-refractivity contribution in [3.05, 3.63) is 21.1 Å². The zero-order valence-electron chi connectivity index (χ0n) is 48.0. The highest BCUT2D eigenvalue weighted by molar-refractivity contribution is 6.30. The number of nitrogens with one attached hydrogen (secondary N) is 7. The van der Waals surface area contributed by atoms with E-state index in [0.717, 1.165) is 91.0 Å². The molecule has 0 spiro atoms. The van der Waals surface area contributed by atoms with Gasteiger partial charge in [0.05, 0.1) is 21.3 Å². The number of alkyl halides is 1. The Morgan fingerprint density at radius 1 is 0.367 bits per heavy atom. The molecular formula is C47H82Cl7N21O4. The van der Waals surface area contributed by atoms with Gasteiger partial charge in [-0.2, -0.15) is 29.9 Å². The lowest BCUT2D eigenvalue weighted by atomic mass is 10.3. The van der Waals surface area contributed by atoms with Crippen LogP contribution in [0.3, 0.4) is 0 Å². The van der Waals surface area contributed by atoms with Crippen LogP contribution in [0, 0.1) is 0 Å². The van der Waals surface area contributed by atoms with Crippen LogP contribution in [-0.2, 0) is 19.2 Å². The van der Waals surface area contributed by atoms with Gasteiger partial charge in [0.25, 0.3) is 11.9 Å². The van der Waals surface area contributed by atoms with Gasteiger partial charge in [-0.1, -0.05) is 41.5 Å². The predicted molar refractivity (Wildman–Crippen MR) is 333 cm³/mol. The van der Waals surface area contributed by atoms with Crippen LogP contribution >= 0.6 is 82.8 Å². The number of rotatable bonds is 25. The van der Waals surface area contributed by atoms with E-state index in [1.807, 2.05) is 13.8 Å². The monoisotopic (exact) mass is 1250 g/mol. The molecule has 25 nitrogen and oxygen atoms in total. The summed E-state index contributed by atoms with van der Waals surface area (Å²) in [6.45, 7) is 22.7. The van der Waals surface area contributed by atoms with Gasteiger partial charge in [0.1, 0.15) is 33.1 Å². The number of hydrogen-bond acceptors (Lipinski definition) is 25. The molecule has 0 saturated heterocycles. The fraction of sp³-hybridized carbons (Fsp3) is 0.617. The number of anilines is 8. The lowest BCUT2D eigenvalue weighted by Crippen LogP contribution is -2.19. The van der Waals surface area contributed by atoms with Gasteiger partial charge >= 0.3 is 0 Å². The fourth-order valence-corrected chi connectivity index (χ4v) is 6.44. The van der Waals surface area contributed by atoms with Crippen molar-refractivity contribution in [2.75, 3.05) is 143 Å². The molecule has 0 atom stereocenters. The second-order valence-corrected chi connectivity index (χ2v) is 16.7. The molecule has 6 aromatic heterocycles. The summed E-state index contributed by atoms with van der Waals surface area (Å²) in [6.07, 6.45) is 7.23. The van der Waals surface area contributed by atoms with Gasteiger partial charge in [0, 0.05) is 80.0 Å². The van der Waals surface area contributed by atoms with Crippen molar-refractivity contribution in [2.24, 2.45) is 0 Å². The third-order valence-electron chi connectivity index (χ3n) is 9.48. The standard InChI is InChI=1S/2C14H22ClN7O.C12H16Cl2N6.C4H10O.C2H7NO.CH3Cl.2ClH/c2*1-5-7-16-11-10-9(18-13(15)20-11)12(17-8-6-2)21-14(19-10)22(3)23-4;1-3-5-15-9-7-8(18-11(13)19-9)10(16-6-4-2)20-12(14)17-7;1-3-5-4-2;1-3-4-2;1-2;;/h2*5-8H2,1-4H3,(H,16,18,20)(H,17,19,21);3-6H2,1-2H3,(H,15,18,19)(H,16,17,20);3-4H2,1-2H3;3H,1-2H3;1H3;2*1H. The second-order valence-electron chi connectivity index (χ2n) is 15.3. The highest BCUT2D eigenvalue weighted by atomic mass is 35.5. The largest absolute Gasteiger partial charge is 0.382 e. The van der Waals surface area contributed by atoms with Crippen molar-refractivity contribution >= 4 is 163 Å². The molecule has 32 heteroatoms. The molecule has 0 radical (unpaired) electrons. The molecule has 0 amide bonds. The van der Waals surface area contributed by atoms with E-state index in [9.17, 15) is 0 Å². The minimum Gasteiger partial charge on any atom is -0.382 e.